The number of carbonyl (C=O) groups is 2. The van der Waals surface area contributed by atoms with Crippen LogP contribution in [-0.2, 0) is 17.0 Å². The largest absolute Gasteiger partial charge is 0.493 e. The molecule has 1 amide bonds. The monoisotopic (exact) mass is 588 g/mol. The van der Waals surface area contributed by atoms with E-state index >= 15 is 0 Å². The molecule has 0 heterocycles. The molecule has 198 valence electrons. The lowest BCUT2D eigenvalue weighted by atomic mass is 9.85. The van der Waals surface area contributed by atoms with Crippen LogP contribution in [-0.4, -0.2) is 35.4 Å². The fourth-order valence-electron chi connectivity index (χ4n) is 3.91. The van der Waals surface area contributed by atoms with Crippen molar-refractivity contribution in [1.29, 1.82) is 0 Å². The minimum atomic E-state index is -1.95. The van der Waals surface area contributed by atoms with Crippen molar-refractivity contribution in [1.82, 2.24) is 5.43 Å². The van der Waals surface area contributed by atoms with Crippen molar-refractivity contribution in [3.63, 3.8) is 0 Å². The maximum absolute atomic E-state index is 13.2. The van der Waals surface area contributed by atoms with Crippen molar-refractivity contribution in [2.24, 2.45) is 5.10 Å². The van der Waals surface area contributed by atoms with Crippen LogP contribution in [0.15, 0.2) is 107 Å². The zero-order valence-electron chi connectivity index (χ0n) is 20.9. The molecule has 0 spiro atoms. The normalized spacial score (nSPS) is 11.3. The van der Waals surface area contributed by atoms with Crippen molar-refractivity contribution in [2.75, 3.05) is 7.11 Å². The van der Waals surface area contributed by atoms with E-state index in [1.165, 1.54) is 19.4 Å². The highest BCUT2D eigenvalue weighted by atomic mass is 79.9. The van der Waals surface area contributed by atoms with Gasteiger partial charge in [0.2, 0.25) is 0 Å². The molecule has 9 heteroatoms. The minimum absolute atomic E-state index is 0.130. The Balaban J connectivity index is 1.52. The van der Waals surface area contributed by atoms with Crippen LogP contribution in [0.2, 0.25) is 0 Å². The van der Waals surface area contributed by atoms with Gasteiger partial charge in [-0.1, -0.05) is 72.8 Å². The Morgan fingerprint density at radius 1 is 0.923 bits per heavy atom. The van der Waals surface area contributed by atoms with E-state index in [0.29, 0.717) is 38.2 Å². The first-order valence-electron chi connectivity index (χ1n) is 11.8. The summed E-state index contributed by atoms with van der Waals surface area (Å²) >= 11 is 3.48. The molecule has 0 radical (unpaired) electrons. The maximum Gasteiger partial charge on any atom is 0.335 e. The first-order chi connectivity index (χ1) is 18.8. The Hall–Kier alpha value is -4.47. The number of amides is 1. The quantitative estimate of drug-likeness (QED) is 0.175. The highest BCUT2D eigenvalue weighted by molar-refractivity contribution is 9.10. The van der Waals surface area contributed by atoms with Crippen molar-refractivity contribution in [2.45, 2.75) is 12.2 Å². The number of aromatic carboxylic acids is 1. The van der Waals surface area contributed by atoms with Crippen molar-refractivity contribution >= 4 is 34.0 Å². The summed E-state index contributed by atoms with van der Waals surface area (Å²) in [5, 5.41) is 24.8. The Morgan fingerprint density at radius 3 is 2.15 bits per heavy atom. The third kappa shape index (κ3) is 6.34. The molecular weight excluding hydrogens is 564 g/mol. The number of hydrogen-bond acceptors (Lipinski definition) is 6. The molecule has 4 rings (SSSR count). The molecule has 4 aromatic rings. The van der Waals surface area contributed by atoms with Gasteiger partial charge in [-0.2, -0.15) is 5.10 Å². The van der Waals surface area contributed by atoms with Gasteiger partial charge in [-0.3, -0.25) is 4.79 Å². The van der Waals surface area contributed by atoms with Gasteiger partial charge in [-0.05, 0) is 56.9 Å². The topological polar surface area (TPSA) is 117 Å². The molecule has 3 N–H and O–H groups in total. The van der Waals surface area contributed by atoms with Gasteiger partial charge in [0.1, 0.15) is 6.61 Å². The molecule has 0 aliphatic carbocycles. The number of hydrogen-bond donors (Lipinski definition) is 3. The summed E-state index contributed by atoms with van der Waals surface area (Å²) in [6.07, 6.45) is 1.42. The molecular formula is C30H25BrN2O6. The zero-order chi connectivity index (χ0) is 27.8. The van der Waals surface area contributed by atoms with Gasteiger partial charge >= 0.3 is 5.97 Å². The highest BCUT2D eigenvalue weighted by Gasteiger charge is 2.39. The second-order valence-corrected chi connectivity index (χ2v) is 9.31. The second kappa shape index (κ2) is 12.4. The summed E-state index contributed by atoms with van der Waals surface area (Å²) in [6.45, 7) is 0.130. The molecule has 0 atom stereocenters. The van der Waals surface area contributed by atoms with Crippen molar-refractivity contribution < 1.29 is 29.3 Å². The smallest absolute Gasteiger partial charge is 0.335 e. The Bertz CT molecular complexity index is 1450. The van der Waals surface area contributed by atoms with E-state index in [4.69, 9.17) is 9.47 Å². The number of aliphatic hydroxyl groups is 1. The Kier molecular flexibility index (Phi) is 8.75. The van der Waals surface area contributed by atoms with E-state index < -0.39 is 17.5 Å². The molecule has 0 fully saturated rings. The lowest BCUT2D eigenvalue weighted by molar-refractivity contribution is -0.136. The molecule has 0 unspecified atom stereocenters. The number of carboxylic acid groups (broad SMARTS) is 1. The number of benzene rings is 4. The van der Waals surface area contributed by atoms with Gasteiger partial charge in [0.15, 0.2) is 17.1 Å². The van der Waals surface area contributed by atoms with Crippen LogP contribution >= 0.6 is 15.9 Å². The molecule has 39 heavy (non-hydrogen) atoms. The Labute approximate surface area is 233 Å². The van der Waals surface area contributed by atoms with Crippen LogP contribution in [0.3, 0.4) is 0 Å². The van der Waals surface area contributed by atoms with Crippen LogP contribution in [0, 0.1) is 0 Å². The first kappa shape index (κ1) is 27.6. The van der Waals surface area contributed by atoms with E-state index in [9.17, 15) is 19.8 Å². The molecule has 0 saturated heterocycles. The predicted octanol–water partition coefficient (Wildman–Crippen LogP) is 5.12. The predicted molar refractivity (Wildman–Crippen MR) is 150 cm³/mol. The standard InChI is InChI=1S/C30H25BrN2O6/c1-38-26-16-22(25(31)17-27(26)39-19-20-9-8-10-21(15-20)28(34)35)18-32-33-29(36)30(37,23-11-4-2-5-12-23)24-13-6-3-7-14-24/h2-18,37H,19H2,1H3,(H,33,36)(H,34,35)/b32-18-. The van der Waals surface area contributed by atoms with E-state index in [-0.39, 0.29) is 12.2 Å². The first-order valence-corrected chi connectivity index (χ1v) is 12.6. The number of nitrogens with one attached hydrogen (secondary N) is 1. The van der Waals surface area contributed by atoms with Gasteiger partial charge in [0.25, 0.3) is 5.91 Å². The number of nitrogens with zero attached hydrogens (tertiary/aromatic N) is 1. The third-order valence-electron chi connectivity index (χ3n) is 5.93. The fraction of sp³-hybridized carbons (Fsp3) is 0.100. The highest BCUT2D eigenvalue weighted by Crippen LogP contribution is 2.34. The average molecular weight is 589 g/mol. The van der Waals surface area contributed by atoms with E-state index in [2.05, 4.69) is 26.5 Å². The second-order valence-electron chi connectivity index (χ2n) is 8.46. The minimum Gasteiger partial charge on any atom is -0.493 e. The molecule has 4 aromatic carbocycles. The molecule has 0 bridgehead atoms. The van der Waals surface area contributed by atoms with Gasteiger partial charge in [0, 0.05) is 10.0 Å². The Morgan fingerprint density at radius 2 is 1.56 bits per heavy atom. The van der Waals surface area contributed by atoms with Crippen molar-refractivity contribution in [3.8, 4) is 11.5 Å². The van der Waals surface area contributed by atoms with Crippen LogP contribution in [0.5, 0.6) is 11.5 Å². The summed E-state index contributed by atoms with van der Waals surface area (Å²) in [5.41, 5.74) is 2.74. The van der Waals surface area contributed by atoms with Gasteiger partial charge in [-0.25, -0.2) is 10.2 Å². The number of carboxylic acids is 1. The van der Waals surface area contributed by atoms with Crippen LogP contribution < -0.4 is 14.9 Å². The number of ether oxygens (including phenoxy) is 2. The lowest BCUT2D eigenvalue weighted by Crippen LogP contribution is -2.43. The maximum atomic E-state index is 13.2. The summed E-state index contributed by atoms with van der Waals surface area (Å²) in [4.78, 5) is 24.5. The van der Waals surface area contributed by atoms with E-state index in [1.54, 1.807) is 91.0 Å². The number of hydrazone groups is 1. The molecule has 0 aliphatic heterocycles. The lowest BCUT2D eigenvalue weighted by Gasteiger charge is -2.27. The average Bonchev–Trinajstić information content (AvgIpc) is 2.97. The molecule has 8 nitrogen and oxygen atoms in total. The van der Waals surface area contributed by atoms with Gasteiger partial charge in [-0.15, -0.1) is 0 Å². The van der Waals surface area contributed by atoms with E-state index in [1.807, 2.05) is 0 Å². The van der Waals surface area contributed by atoms with E-state index in [0.717, 1.165) is 0 Å². The number of methoxy groups -OCH3 is 1. The SMILES string of the molecule is COc1cc(/C=N\NC(=O)C(O)(c2ccccc2)c2ccccc2)c(Br)cc1OCc1cccc(C(=O)O)c1. The van der Waals surface area contributed by atoms with Crippen LogP contribution in [0.1, 0.15) is 32.6 Å². The van der Waals surface area contributed by atoms with Crippen LogP contribution in [0.4, 0.5) is 0 Å². The van der Waals surface area contributed by atoms with Crippen LogP contribution in [0.25, 0.3) is 0 Å². The summed E-state index contributed by atoms with van der Waals surface area (Å²) in [7, 11) is 1.49. The molecule has 0 aromatic heterocycles. The van der Waals surface area contributed by atoms with Crippen molar-refractivity contribution in [3.05, 3.63) is 129 Å². The number of halogens is 1. The number of carbonyl (C=O) groups excluding carboxylic acids is 1. The zero-order valence-corrected chi connectivity index (χ0v) is 22.5. The fourth-order valence-corrected chi connectivity index (χ4v) is 4.33. The van der Waals surface area contributed by atoms with Gasteiger partial charge in [0.05, 0.1) is 18.9 Å². The molecule has 0 saturated carbocycles. The number of rotatable bonds is 10. The summed E-state index contributed by atoms with van der Waals surface area (Å²) < 4.78 is 11.9. The third-order valence-corrected chi connectivity index (χ3v) is 6.62. The molecule has 0 aliphatic rings. The summed E-state index contributed by atoms with van der Waals surface area (Å²) in [6, 6.07) is 27.1. The summed E-state index contributed by atoms with van der Waals surface area (Å²) in [5.74, 6) is -0.902. The van der Waals surface area contributed by atoms with Gasteiger partial charge < -0.3 is 19.7 Å².